The van der Waals surface area contributed by atoms with Gasteiger partial charge in [-0.15, -0.1) is 11.3 Å². The SMILES string of the molecule is [2H]C([2H])([2H])NC(=O)[C@H]1O[C@@H](n2cnc3c(NCc4cscn4)nc(-c4cncc(Cl)c4)nc32)[C@H](O)[C@@H]1O. The molecular weight excluding hydrogens is 484 g/mol. The molecule has 4 N–H and O–H groups in total. The maximum absolute atomic E-state index is 12.4. The van der Waals surface area contributed by atoms with E-state index in [4.69, 9.17) is 20.5 Å². The van der Waals surface area contributed by atoms with Gasteiger partial charge in [-0.2, -0.15) is 0 Å². The minimum Gasteiger partial charge on any atom is -0.387 e. The van der Waals surface area contributed by atoms with Gasteiger partial charge < -0.3 is 25.6 Å². The molecule has 1 fully saturated rings. The van der Waals surface area contributed by atoms with Crippen LogP contribution in [-0.2, 0) is 16.1 Å². The van der Waals surface area contributed by atoms with Crippen LogP contribution in [0.3, 0.4) is 0 Å². The Balaban J connectivity index is 1.54. The number of anilines is 1. The minimum absolute atomic E-state index is 0.207. The number of aromatic nitrogens is 6. The van der Waals surface area contributed by atoms with Crippen molar-refractivity contribution in [2.45, 2.75) is 31.1 Å². The number of pyridine rings is 1. The predicted octanol–water partition coefficient (Wildman–Crippen LogP) is 0.975. The van der Waals surface area contributed by atoms with Crippen LogP contribution in [0, 0.1) is 0 Å². The number of carbonyl (C=O) groups is 1. The number of halogens is 1. The Kier molecular flexibility index (Phi) is 5.17. The fourth-order valence-electron chi connectivity index (χ4n) is 3.57. The summed E-state index contributed by atoms with van der Waals surface area (Å²) in [5.74, 6) is -0.518. The number of hydrogen-bond acceptors (Lipinski definition) is 11. The molecule has 176 valence electrons. The highest BCUT2D eigenvalue weighted by molar-refractivity contribution is 7.07. The molecular formula is C20H19ClN8O4S. The number of rotatable bonds is 6. The van der Waals surface area contributed by atoms with Crippen molar-refractivity contribution in [1.82, 2.24) is 34.8 Å². The molecule has 4 aromatic rings. The number of thiazole rings is 1. The second kappa shape index (κ2) is 9.19. The monoisotopic (exact) mass is 505 g/mol. The molecule has 34 heavy (non-hydrogen) atoms. The number of amides is 1. The Morgan fingerprint density at radius 2 is 2.21 bits per heavy atom. The summed E-state index contributed by atoms with van der Waals surface area (Å²) in [5.41, 5.74) is 3.51. The van der Waals surface area contributed by atoms with Crippen LogP contribution in [0.1, 0.15) is 16.0 Å². The van der Waals surface area contributed by atoms with E-state index >= 15 is 0 Å². The van der Waals surface area contributed by atoms with E-state index in [9.17, 15) is 15.0 Å². The summed E-state index contributed by atoms with van der Waals surface area (Å²) < 4.78 is 28.6. The van der Waals surface area contributed by atoms with Crippen LogP contribution in [0.4, 0.5) is 5.82 Å². The van der Waals surface area contributed by atoms with Crippen molar-refractivity contribution in [2.24, 2.45) is 0 Å². The lowest BCUT2D eigenvalue weighted by Crippen LogP contribution is -2.41. The van der Waals surface area contributed by atoms with Crippen molar-refractivity contribution in [2.75, 3.05) is 12.3 Å². The molecule has 0 aromatic carbocycles. The molecule has 0 spiro atoms. The highest BCUT2D eigenvalue weighted by Gasteiger charge is 2.47. The first-order valence-corrected chi connectivity index (χ1v) is 11.2. The average molecular weight is 506 g/mol. The first-order chi connectivity index (χ1) is 17.6. The third kappa shape index (κ3) is 4.08. The van der Waals surface area contributed by atoms with E-state index < -0.39 is 37.4 Å². The number of aliphatic hydroxyl groups is 2. The fraction of sp³-hybridized carbons (Fsp3) is 0.300. The van der Waals surface area contributed by atoms with Crippen LogP contribution < -0.4 is 10.6 Å². The lowest BCUT2D eigenvalue weighted by molar-refractivity contribution is -0.137. The molecule has 0 aliphatic carbocycles. The smallest absolute Gasteiger partial charge is 0.251 e. The number of fused-ring (bicyclic) bond motifs is 1. The van der Waals surface area contributed by atoms with Gasteiger partial charge in [0.2, 0.25) is 0 Å². The van der Waals surface area contributed by atoms with Crippen molar-refractivity contribution in [1.29, 1.82) is 0 Å². The van der Waals surface area contributed by atoms with E-state index in [0.717, 1.165) is 5.69 Å². The average Bonchev–Trinajstić information content (AvgIpc) is 3.57. The molecule has 4 atom stereocenters. The number of aliphatic hydroxyl groups excluding tert-OH is 2. The maximum Gasteiger partial charge on any atom is 0.251 e. The van der Waals surface area contributed by atoms with Gasteiger partial charge in [0.05, 0.1) is 29.1 Å². The number of ether oxygens (including phenoxy) is 1. The molecule has 0 bridgehead atoms. The van der Waals surface area contributed by atoms with Crippen molar-refractivity contribution >= 4 is 45.8 Å². The summed E-state index contributed by atoms with van der Waals surface area (Å²) in [6.07, 6.45) is -1.94. The molecule has 1 aliphatic rings. The third-order valence-electron chi connectivity index (χ3n) is 5.20. The topological polar surface area (TPSA) is 160 Å². The molecule has 1 saturated heterocycles. The van der Waals surface area contributed by atoms with Crippen molar-refractivity contribution < 1.29 is 23.9 Å². The third-order valence-corrected chi connectivity index (χ3v) is 6.04. The zero-order chi connectivity index (χ0) is 26.3. The summed E-state index contributed by atoms with van der Waals surface area (Å²) in [5, 5.41) is 28.3. The van der Waals surface area contributed by atoms with Crippen LogP contribution in [0.2, 0.25) is 5.02 Å². The van der Waals surface area contributed by atoms with E-state index in [1.807, 2.05) is 5.38 Å². The minimum atomic E-state index is -2.80. The van der Waals surface area contributed by atoms with Gasteiger partial charge in [-0.05, 0) is 6.07 Å². The summed E-state index contributed by atoms with van der Waals surface area (Å²) in [6, 6.07) is 1.63. The Hall–Kier alpha value is -3.23. The van der Waals surface area contributed by atoms with Crippen LogP contribution >= 0.6 is 22.9 Å². The lowest BCUT2D eigenvalue weighted by atomic mass is 10.1. The molecule has 12 nitrogen and oxygen atoms in total. The Morgan fingerprint density at radius 1 is 1.32 bits per heavy atom. The van der Waals surface area contributed by atoms with Gasteiger partial charge in [0.25, 0.3) is 5.91 Å². The molecule has 1 aliphatic heterocycles. The molecule has 0 saturated carbocycles. The zero-order valence-electron chi connectivity index (χ0n) is 20.2. The highest BCUT2D eigenvalue weighted by atomic mass is 35.5. The van der Waals surface area contributed by atoms with E-state index in [1.165, 1.54) is 34.6 Å². The lowest BCUT2D eigenvalue weighted by Gasteiger charge is -2.17. The fourth-order valence-corrected chi connectivity index (χ4v) is 4.30. The number of hydrogen-bond donors (Lipinski definition) is 4. The van der Waals surface area contributed by atoms with Gasteiger partial charge in [-0.25, -0.2) is 19.9 Å². The Labute approximate surface area is 205 Å². The van der Waals surface area contributed by atoms with Gasteiger partial charge in [0.1, 0.15) is 12.2 Å². The predicted molar refractivity (Wildman–Crippen MR) is 123 cm³/mol. The molecule has 5 rings (SSSR count). The second-order valence-corrected chi connectivity index (χ2v) is 8.52. The second-order valence-electron chi connectivity index (χ2n) is 7.36. The summed E-state index contributed by atoms with van der Waals surface area (Å²) >= 11 is 7.55. The summed E-state index contributed by atoms with van der Waals surface area (Å²) in [7, 11) is 0. The van der Waals surface area contributed by atoms with Gasteiger partial charge in [0, 0.05) is 34.4 Å². The maximum atomic E-state index is 12.4. The first-order valence-electron chi connectivity index (χ1n) is 11.4. The molecule has 0 unspecified atom stereocenters. The number of carbonyl (C=O) groups excluding carboxylic acids is 1. The highest BCUT2D eigenvalue weighted by Crippen LogP contribution is 2.33. The van der Waals surface area contributed by atoms with Crippen molar-refractivity contribution in [3.05, 3.63) is 46.4 Å². The largest absolute Gasteiger partial charge is 0.387 e. The number of imidazole rings is 1. The molecule has 1 amide bonds. The summed E-state index contributed by atoms with van der Waals surface area (Å²) in [6.45, 7) is -2.45. The zero-order valence-corrected chi connectivity index (χ0v) is 18.7. The Bertz CT molecular complexity index is 1440. The number of likely N-dealkylation sites (N-methyl/N-ethyl adjacent to an activating group) is 1. The van der Waals surface area contributed by atoms with Crippen LogP contribution in [0.15, 0.2) is 35.7 Å². The molecule has 4 aromatic heterocycles. The van der Waals surface area contributed by atoms with Gasteiger partial charge in [0.15, 0.2) is 35.1 Å². The number of nitrogens with zero attached hydrogens (tertiary/aromatic N) is 6. The van der Waals surface area contributed by atoms with E-state index in [1.54, 1.807) is 16.9 Å². The van der Waals surface area contributed by atoms with Gasteiger partial charge >= 0.3 is 0 Å². The summed E-state index contributed by atoms with van der Waals surface area (Å²) in [4.78, 5) is 34.2. The van der Waals surface area contributed by atoms with E-state index in [0.29, 0.717) is 28.5 Å². The van der Waals surface area contributed by atoms with Crippen LogP contribution in [0.5, 0.6) is 0 Å². The first kappa shape index (κ1) is 19.1. The Morgan fingerprint density at radius 3 is 2.97 bits per heavy atom. The molecule has 5 heterocycles. The quantitative estimate of drug-likeness (QED) is 0.297. The van der Waals surface area contributed by atoms with Gasteiger partial charge in [-0.1, -0.05) is 11.6 Å². The molecule has 0 radical (unpaired) electrons. The van der Waals surface area contributed by atoms with E-state index in [2.05, 4.69) is 30.2 Å². The van der Waals surface area contributed by atoms with E-state index in [-0.39, 0.29) is 11.5 Å². The normalized spacial score (nSPS) is 23.9. The van der Waals surface area contributed by atoms with Gasteiger partial charge in [-0.3, -0.25) is 14.3 Å². The van der Waals surface area contributed by atoms with Crippen molar-refractivity contribution in [3.8, 4) is 11.4 Å². The number of nitrogens with one attached hydrogen (secondary N) is 2. The standard InChI is InChI=1S/C20H19ClN8O4S/c1-22-19(32)15-13(30)14(31)20(33-15)29-7-25-12-17(24-5-11-6-34-8-26-11)27-16(28-18(12)29)9-2-10(21)4-23-3-9/h2-4,6-8,13-15,20,30-31H,5H2,1H3,(H,22,32)(H,24,27,28)/t13-,14+,15-,20+/m0/s1/i1D3. The molecule has 14 heteroatoms. The van der Waals surface area contributed by atoms with Crippen LogP contribution in [0.25, 0.3) is 22.6 Å². The van der Waals surface area contributed by atoms with Crippen molar-refractivity contribution in [3.63, 3.8) is 0 Å². The van der Waals surface area contributed by atoms with Crippen LogP contribution in [-0.4, -0.2) is 70.9 Å².